The highest BCUT2D eigenvalue weighted by Gasteiger charge is 2.07. The number of rotatable bonds is 8. The van der Waals surface area contributed by atoms with Crippen LogP contribution in [0.5, 0.6) is 0 Å². The average Bonchev–Trinajstić information content (AvgIpc) is 3.06. The van der Waals surface area contributed by atoms with Gasteiger partial charge in [0.05, 0.1) is 17.4 Å². The summed E-state index contributed by atoms with van der Waals surface area (Å²) in [6.07, 6.45) is 10.7. The quantitative estimate of drug-likeness (QED) is 0.498. The van der Waals surface area contributed by atoms with E-state index in [2.05, 4.69) is 33.2 Å². The summed E-state index contributed by atoms with van der Waals surface area (Å²) in [6.45, 7) is 0. The summed E-state index contributed by atoms with van der Waals surface area (Å²) in [7, 11) is 0. The number of hydrogen-bond acceptors (Lipinski definition) is 3. The topological polar surface area (TPSA) is 58.6 Å². The number of hydrogen-bond donors (Lipinski definition) is 1. The Morgan fingerprint density at radius 3 is 2.78 bits per heavy atom. The van der Waals surface area contributed by atoms with Gasteiger partial charge in [-0.05, 0) is 18.9 Å². The zero-order valence-electron chi connectivity index (χ0n) is 13.2. The second-order valence-corrected chi connectivity index (χ2v) is 5.74. The molecular weight excluding hydrogens is 286 g/mol. The lowest BCUT2D eigenvalue weighted by Crippen LogP contribution is -1.90. The first kappa shape index (κ1) is 15.4. The van der Waals surface area contributed by atoms with Crippen LogP contribution in [0.3, 0.4) is 0 Å². The molecule has 4 nitrogen and oxygen atoms in total. The molecule has 0 saturated carbocycles. The Balaban J connectivity index is 1.65. The van der Waals surface area contributed by atoms with Crippen molar-refractivity contribution in [3.63, 3.8) is 0 Å². The fraction of sp³-hybridized carbons (Fsp3) is 0.316. The molecule has 0 atom stereocenters. The maximum absolute atomic E-state index is 10.3. The van der Waals surface area contributed by atoms with Gasteiger partial charge >= 0.3 is 0 Å². The lowest BCUT2D eigenvalue weighted by atomic mass is 10.1. The van der Waals surface area contributed by atoms with Crippen LogP contribution in [0.15, 0.2) is 42.7 Å². The van der Waals surface area contributed by atoms with E-state index in [1.807, 2.05) is 24.5 Å². The number of benzene rings is 1. The van der Waals surface area contributed by atoms with Crippen molar-refractivity contribution in [3.05, 3.63) is 48.5 Å². The van der Waals surface area contributed by atoms with Crippen LogP contribution in [0.4, 0.5) is 0 Å². The first-order valence-electron chi connectivity index (χ1n) is 8.20. The molecule has 0 fully saturated rings. The largest absolute Gasteiger partial charge is 0.342 e. The molecule has 23 heavy (non-hydrogen) atoms. The molecule has 3 aromatic rings. The first-order chi connectivity index (χ1) is 11.4. The molecule has 4 heteroatoms. The molecule has 1 aromatic carbocycles. The number of carbonyl (C=O) groups is 1. The molecule has 1 N–H and O–H groups in total. The van der Waals surface area contributed by atoms with Crippen LogP contribution >= 0.6 is 0 Å². The van der Waals surface area contributed by atoms with Crippen molar-refractivity contribution in [1.29, 1.82) is 0 Å². The summed E-state index contributed by atoms with van der Waals surface area (Å²) in [4.78, 5) is 22.7. The predicted molar refractivity (Wildman–Crippen MR) is 92.2 cm³/mol. The molecule has 0 saturated heterocycles. The van der Waals surface area contributed by atoms with Crippen LogP contribution in [-0.2, 0) is 11.2 Å². The summed E-state index contributed by atoms with van der Waals surface area (Å²) in [5.41, 5.74) is 3.11. The van der Waals surface area contributed by atoms with E-state index < -0.39 is 0 Å². The molecule has 0 aliphatic carbocycles. The van der Waals surface area contributed by atoms with E-state index >= 15 is 0 Å². The van der Waals surface area contributed by atoms with Gasteiger partial charge in [-0.2, -0.15) is 0 Å². The smallest absolute Gasteiger partial charge is 0.119 e. The van der Waals surface area contributed by atoms with Crippen molar-refractivity contribution in [2.45, 2.75) is 38.5 Å². The third-order valence-corrected chi connectivity index (χ3v) is 4.04. The Hall–Kier alpha value is -2.49. The number of nitrogens with zero attached hydrogens (tertiary/aromatic N) is 2. The Labute approximate surface area is 136 Å². The van der Waals surface area contributed by atoms with Gasteiger partial charge in [0.15, 0.2) is 0 Å². The van der Waals surface area contributed by atoms with E-state index in [9.17, 15) is 4.79 Å². The summed E-state index contributed by atoms with van der Waals surface area (Å²) >= 11 is 0. The van der Waals surface area contributed by atoms with Gasteiger partial charge in [0, 0.05) is 30.0 Å². The molecule has 0 amide bonds. The standard InChI is InChI=1S/C19H21N3O/c23-13-5-3-1-2-4-11-18-21-14-17(22-18)16-10-6-8-15-9-7-12-20-19(15)16/h6-10,12-14H,1-5,11H2,(H,21,22). The summed E-state index contributed by atoms with van der Waals surface area (Å²) in [6, 6.07) is 10.2. The average molecular weight is 307 g/mol. The third kappa shape index (κ3) is 3.83. The minimum Gasteiger partial charge on any atom is -0.342 e. The fourth-order valence-electron chi connectivity index (χ4n) is 2.82. The molecule has 118 valence electrons. The molecule has 2 heterocycles. The Morgan fingerprint density at radius 1 is 1.00 bits per heavy atom. The number of pyridine rings is 1. The highest BCUT2D eigenvalue weighted by molar-refractivity contribution is 5.92. The van der Waals surface area contributed by atoms with Gasteiger partial charge in [0.25, 0.3) is 0 Å². The minimum atomic E-state index is 0.680. The maximum Gasteiger partial charge on any atom is 0.119 e. The van der Waals surface area contributed by atoms with Crippen LogP contribution < -0.4 is 0 Å². The van der Waals surface area contributed by atoms with Crippen molar-refractivity contribution in [1.82, 2.24) is 15.0 Å². The molecule has 3 rings (SSSR count). The van der Waals surface area contributed by atoms with Crippen molar-refractivity contribution in [2.24, 2.45) is 0 Å². The molecule has 0 bridgehead atoms. The van der Waals surface area contributed by atoms with Crippen LogP contribution in [0.2, 0.25) is 0 Å². The number of aromatic nitrogens is 3. The summed E-state index contributed by atoms with van der Waals surface area (Å²) in [5.74, 6) is 1.02. The van der Waals surface area contributed by atoms with Gasteiger partial charge < -0.3 is 9.78 Å². The lowest BCUT2D eigenvalue weighted by molar-refractivity contribution is -0.107. The van der Waals surface area contributed by atoms with Gasteiger partial charge in [-0.3, -0.25) is 4.98 Å². The van der Waals surface area contributed by atoms with Crippen molar-refractivity contribution in [2.75, 3.05) is 0 Å². The van der Waals surface area contributed by atoms with E-state index in [0.717, 1.165) is 66.4 Å². The van der Waals surface area contributed by atoms with E-state index in [1.165, 1.54) is 0 Å². The molecular formula is C19H21N3O. The van der Waals surface area contributed by atoms with E-state index in [0.29, 0.717) is 6.42 Å². The molecule has 0 aliphatic heterocycles. The van der Waals surface area contributed by atoms with Gasteiger partial charge in [-0.15, -0.1) is 0 Å². The number of aryl methyl sites for hydroxylation is 1. The van der Waals surface area contributed by atoms with Gasteiger partial charge in [0.1, 0.15) is 12.1 Å². The number of imidazole rings is 1. The maximum atomic E-state index is 10.3. The normalized spacial score (nSPS) is 11.0. The molecule has 2 aromatic heterocycles. The Kier molecular flexibility index (Phi) is 5.14. The molecule has 0 radical (unpaired) electrons. The van der Waals surface area contributed by atoms with E-state index in [4.69, 9.17) is 0 Å². The van der Waals surface area contributed by atoms with Crippen LogP contribution in [0.25, 0.3) is 22.2 Å². The van der Waals surface area contributed by atoms with Crippen molar-refractivity contribution < 1.29 is 4.79 Å². The number of fused-ring (bicyclic) bond motifs is 1. The Bertz CT molecular complexity index is 774. The van der Waals surface area contributed by atoms with Crippen LogP contribution in [0, 0.1) is 0 Å². The highest BCUT2D eigenvalue weighted by Crippen LogP contribution is 2.25. The second kappa shape index (κ2) is 7.68. The molecule has 0 unspecified atom stereocenters. The number of unbranched alkanes of at least 4 members (excludes halogenated alkanes) is 4. The molecule has 0 aliphatic rings. The first-order valence-corrected chi connectivity index (χ1v) is 8.20. The third-order valence-electron chi connectivity index (χ3n) is 4.04. The van der Waals surface area contributed by atoms with Crippen LogP contribution in [0.1, 0.15) is 37.9 Å². The number of nitrogens with one attached hydrogen (secondary N) is 1. The minimum absolute atomic E-state index is 0.680. The van der Waals surface area contributed by atoms with Gasteiger partial charge in [-0.1, -0.05) is 37.1 Å². The summed E-state index contributed by atoms with van der Waals surface area (Å²) in [5, 5.41) is 1.14. The molecule has 0 spiro atoms. The lowest BCUT2D eigenvalue weighted by Gasteiger charge is -2.03. The second-order valence-electron chi connectivity index (χ2n) is 5.74. The number of aldehydes is 1. The monoisotopic (exact) mass is 307 g/mol. The number of carbonyl (C=O) groups excluding carboxylic acids is 1. The van der Waals surface area contributed by atoms with Crippen molar-refractivity contribution in [3.8, 4) is 11.3 Å². The number of aromatic amines is 1. The van der Waals surface area contributed by atoms with Crippen molar-refractivity contribution >= 4 is 17.2 Å². The van der Waals surface area contributed by atoms with E-state index in [1.54, 1.807) is 0 Å². The van der Waals surface area contributed by atoms with Crippen LogP contribution in [-0.4, -0.2) is 21.2 Å². The zero-order valence-corrected chi connectivity index (χ0v) is 13.2. The fourth-order valence-corrected chi connectivity index (χ4v) is 2.82. The van der Waals surface area contributed by atoms with Gasteiger partial charge in [0.2, 0.25) is 0 Å². The summed E-state index contributed by atoms with van der Waals surface area (Å²) < 4.78 is 0. The zero-order chi connectivity index (χ0) is 15.9. The van der Waals surface area contributed by atoms with E-state index in [-0.39, 0.29) is 0 Å². The highest BCUT2D eigenvalue weighted by atomic mass is 16.1. The number of H-pyrrole nitrogens is 1. The predicted octanol–water partition coefficient (Wildman–Crippen LogP) is 4.32. The number of para-hydroxylation sites is 1. The Morgan fingerprint density at radius 2 is 1.87 bits per heavy atom. The SMILES string of the molecule is O=CCCCCCCc1ncc(-c2cccc3cccnc23)[nH]1. The van der Waals surface area contributed by atoms with Gasteiger partial charge in [-0.25, -0.2) is 4.98 Å².